The standard InChI is InChI=1S/C23H29F3N4S/c1-2-17-9-6-4-3-5-7-11-19(15-17)28-21-27-13-14-30(21)22(31)29-20-12-8-10-18(16-20)23(24,25)26/h4,6,8,10,12,15-17H,2-3,5,7,9,11,13-14H2,1H3,(H,27,28)(H,29,31)/b6-4-,19-15+. The Labute approximate surface area is 187 Å². The van der Waals surface area contributed by atoms with E-state index in [0.29, 0.717) is 35.8 Å². The first-order valence-corrected chi connectivity index (χ1v) is 11.2. The first-order valence-electron chi connectivity index (χ1n) is 10.8. The van der Waals surface area contributed by atoms with E-state index < -0.39 is 11.7 Å². The number of alkyl halides is 3. The predicted molar refractivity (Wildman–Crippen MR) is 124 cm³/mol. The maximum absolute atomic E-state index is 13.0. The van der Waals surface area contributed by atoms with Gasteiger partial charge in [-0.15, -0.1) is 0 Å². The molecule has 8 heteroatoms. The summed E-state index contributed by atoms with van der Waals surface area (Å²) in [5.41, 5.74) is 0.733. The van der Waals surface area contributed by atoms with Crippen molar-refractivity contribution < 1.29 is 13.2 Å². The summed E-state index contributed by atoms with van der Waals surface area (Å²) >= 11 is 5.50. The van der Waals surface area contributed by atoms with Crippen LogP contribution in [0.2, 0.25) is 0 Å². The first-order chi connectivity index (χ1) is 14.9. The summed E-state index contributed by atoms with van der Waals surface area (Å²) in [5, 5.41) is 6.72. The van der Waals surface area contributed by atoms with Crippen molar-refractivity contribution in [2.45, 2.75) is 51.6 Å². The van der Waals surface area contributed by atoms with Gasteiger partial charge in [0.1, 0.15) is 0 Å². The molecule has 31 heavy (non-hydrogen) atoms. The van der Waals surface area contributed by atoms with Gasteiger partial charge >= 0.3 is 6.18 Å². The summed E-state index contributed by atoms with van der Waals surface area (Å²) < 4.78 is 39.0. The number of halogens is 3. The molecule has 3 rings (SSSR count). The normalized spacial score (nSPS) is 22.8. The van der Waals surface area contributed by atoms with Gasteiger partial charge in [0.15, 0.2) is 5.11 Å². The van der Waals surface area contributed by atoms with Crippen molar-refractivity contribution in [1.82, 2.24) is 10.2 Å². The topological polar surface area (TPSA) is 39.7 Å². The Balaban J connectivity index is 1.69. The Morgan fingerprint density at radius 1 is 1.26 bits per heavy atom. The molecule has 0 bridgehead atoms. The van der Waals surface area contributed by atoms with Crippen LogP contribution in [0.3, 0.4) is 0 Å². The molecule has 1 unspecified atom stereocenters. The van der Waals surface area contributed by atoms with Crippen molar-refractivity contribution in [2.75, 3.05) is 18.4 Å². The predicted octanol–water partition coefficient (Wildman–Crippen LogP) is 6.09. The number of nitrogens with one attached hydrogen (secondary N) is 2. The molecule has 0 saturated heterocycles. The van der Waals surface area contributed by atoms with Gasteiger partial charge in [-0.3, -0.25) is 9.89 Å². The van der Waals surface area contributed by atoms with Crippen LogP contribution in [0.25, 0.3) is 0 Å². The number of hydrogen-bond acceptors (Lipinski definition) is 3. The second kappa shape index (κ2) is 10.8. The van der Waals surface area contributed by atoms with Crippen molar-refractivity contribution in [3.63, 3.8) is 0 Å². The zero-order valence-corrected chi connectivity index (χ0v) is 18.5. The van der Waals surface area contributed by atoms with E-state index in [2.05, 4.69) is 40.8 Å². The molecule has 0 aromatic heterocycles. The quantitative estimate of drug-likeness (QED) is 0.432. The smallest absolute Gasteiger partial charge is 0.332 e. The fraction of sp³-hybridized carbons (Fsp3) is 0.478. The molecule has 1 aliphatic carbocycles. The van der Waals surface area contributed by atoms with Gasteiger partial charge in [0.25, 0.3) is 0 Å². The van der Waals surface area contributed by atoms with E-state index in [4.69, 9.17) is 12.2 Å². The van der Waals surface area contributed by atoms with Crippen molar-refractivity contribution >= 4 is 29.0 Å². The summed E-state index contributed by atoms with van der Waals surface area (Å²) in [5.74, 6) is 1.11. The molecule has 0 amide bonds. The molecule has 4 nitrogen and oxygen atoms in total. The average Bonchev–Trinajstić information content (AvgIpc) is 3.20. The largest absolute Gasteiger partial charge is 0.416 e. The minimum atomic E-state index is -4.39. The molecule has 0 fully saturated rings. The van der Waals surface area contributed by atoms with Crippen LogP contribution >= 0.6 is 12.2 Å². The van der Waals surface area contributed by atoms with Crippen LogP contribution < -0.4 is 10.6 Å². The molecule has 1 atom stereocenters. The second-order valence-electron chi connectivity index (χ2n) is 7.80. The molecule has 0 saturated carbocycles. The number of aliphatic imine (C=N–C) groups is 1. The number of hydrogen-bond donors (Lipinski definition) is 2. The lowest BCUT2D eigenvalue weighted by atomic mass is 9.97. The summed E-state index contributed by atoms with van der Waals surface area (Å²) in [6.45, 7) is 3.35. The molecule has 0 radical (unpaired) electrons. The number of guanidine groups is 1. The zero-order chi connectivity index (χ0) is 22.3. The lowest BCUT2D eigenvalue weighted by Gasteiger charge is -2.24. The van der Waals surface area contributed by atoms with Crippen LogP contribution in [0, 0.1) is 5.92 Å². The molecule has 0 spiro atoms. The van der Waals surface area contributed by atoms with Crippen LogP contribution in [0.5, 0.6) is 0 Å². The van der Waals surface area contributed by atoms with Crippen LogP contribution in [0.4, 0.5) is 18.9 Å². The van der Waals surface area contributed by atoms with E-state index in [1.165, 1.54) is 6.07 Å². The van der Waals surface area contributed by atoms with E-state index in [1.807, 2.05) is 4.90 Å². The Kier molecular flexibility index (Phi) is 8.12. The molecular formula is C23H29F3N4S. The highest BCUT2D eigenvalue weighted by Gasteiger charge is 2.30. The van der Waals surface area contributed by atoms with Gasteiger partial charge in [-0.05, 0) is 74.9 Å². The van der Waals surface area contributed by atoms with Gasteiger partial charge in [0.2, 0.25) is 5.96 Å². The zero-order valence-electron chi connectivity index (χ0n) is 17.7. The highest BCUT2D eigenvalue weighted by atomic mass is 32.1. The van der Waals surface area contributed by atoms with Crippen LogP contribution in [-0.2, 0) is 6.18 Å². The summed E-state index contributed by atoms with van der Waals surface area (Å²) in [6.07, 6.45) is 8.77. The molecule has 1 aromatic rings. The molecule has 1 heterocycles. The van der Waals surface area contributed by atoms with Gasteiger partial charge in [-0.1, -0.05) is 31.2 Å². The van der Waals surface area contributed by atoms with E-state index in [1.54, 1.807) is 6.07 Å². The molecular weight excluding hydrogens is 421 g/mol. The Bertz CT molecular complexity index is 861. The van der Waals surface area contributed by atoms with Crippen molar-refractivity contribution in [3.05, 3.63) is 53.8 Å². The summed E-state index contributed by atoms with van der Waals surface area (Å²) in [7, 11) is 0. The van der Waals surface area contributed by atoms with Crippen LogP contribution in [0.15, 0.2) is 53.2 Å². The van der Waals surface area contributed by atoms with Crippen molar-refractivity contribution in [2.24, 2.45) is 10.9 Å². The minimum absolute atomic E-state index is 0.307. The average molecular weight is 451 g/mol. The van der Waals surface area contributed by atoms with Gasteiger partial charge in [0, 0.05) is 17.9 Å². The van der Waals surface area contributed by atoms with E-state index in [0.717, 1.165) is 56.4 Å². The highest BCUT2D eigenvalue weighted by Crippen LogP contribution is 2.30. The third-order valence-electron chi connectivity index (χ3n) is 5.43. The maximum atomic E-state index is 13.0. The third-order valence-corrected chi connectivity index (χ3v) is 5.76. The monoisotopic (exact) mass is 450 g/mol. The van der Waals surface area contributed by atoms with Gasteiger partial charge in [0.05, 0.1) is 12.1 Å². The number of thiocarbonyl (C=S) groups is 1. The Morgan fingerprint density at radius 2 is 2.10 bits per heavy atom. The lowest BCUT2D eigenvalue weighted by molar-refractivity contribution is -0.137. The Morgan fingerprint density at radius 3 is 2.87 bits per heavy atom. The highest BCUT2D eigenvalue weighted by molar-refractivity contribution is 7.80. The van der Waals surface area contributed by atoms with E-state index >= 15 is 0 Å². The number of benzene rings is 1. The maximum Gasteiger partial charge on any atom is 0.416 e. The van der Waals surface area contributed by atoms with E-state index in [9.17, 15) is 13.2 Å². The first kappa shape index (κ1) is 23.3. The molecule has 1 aliphatic heterocycles. The summed E-state index contributed by atoms with van der Waals surface area (Å²) in [4.78, 5) is 6.36. The fourth-order valence-corrected chi connectivity index (χ4v) is 3.95. The van der Waals surface area contributed by atoms with Crippen LogP contribution in [-0.4, -0.2) is 29.1 Å². The molecule has 1 aromatic carbocycles. The molecule has 2 aliphatic rings. The van der Waals surface area contributed by atoms with Crippen molar-refractivity contribution in [3.8, 4) is 0 Å². The lowest BCUT2D eigenvalue weighted by Crippen LogP contribution is -2.44. The minimum Gasteiger partial charge on any atom is -0.332 e. The second-order valence-corrected chi connectivity index (χ2v) is 8.19. The SMILES string of the molecule is CCC1/C=C(/NC2=NCCN2C(=S)Nc2cccc(C(F)(F)F)c2)CCCC/C=C\C1. The fourth-order valence-electron chi connectivity index (χ4n) is 3.65. The number of rotatable bonds is 3. The van der Waals surface area contributed by atoms with Gasteiger partial charge in [-0.25, -0.2) is 0 Å². The Hall–Kier alpha value is -2.35. The number of anilines is 1. The van der Waals surface area contributed by atoms with Gasteiger partial charge in [-0.2, -0.15) is 13.2 Å². The number of allylic oxidation sites excluding steroid dienone is 4. The molecule has 2 N–H and O–H groups in total. The number of nitrogens with zero attached hydrogens (tertiary/aromatic N) is 2. The third kappa shape index (κ3) is 6.82. The summed E-state index contributed by atoms with van der Waals surface area (Å²) in [6, 6.07) is 5.06. The van der Waals surface area contributed by atoms with Crippen molar-refractivity contribution in [1.29, 1.82) is 0 Å². The molecule has 168 valence electrons. The van der Waals surface area contributed by atoms with E-state index in [-0.39, 0.29) is 0 Å². The van der Waals surface area contributed by atoms with Gasteiger partial charge < -0.3 is 10.6 Å². The van der Waals surface area contributed by atoms with Crippen LogP contribution in [0.1, 0.15) is 51.0 Å².